The van der Waals surface area contributed by atoms with E-state index in [4.69, 9.17) is 0 Å². The van der Waals surface area contributed by atoms with Gasteiger partial charge in [0.25, 0.3) is 11.5 Å². The third-order valence-corrected chi connectivity index (χ3v) is 2.49. The highest BCUT2D eigenvalue weighted by Gasteiger charge is 2.34. The van der Waals surface area contributed by atoms with E-state index < -0.39 is 16.6 Å². The molecule has 0 radical (unpaired) electrons. The van der Waals surface area contributed by atoms with E-state index >= 15 is 0 Å². The predicted octanol–water partition coefficient (Wildman–Crippen LogP) is 0.730. The zero-order chi connectivity index (χ0) is 13.3. The van der Waals surface area contributed by atoms with Crippen molar-refractivity contribution in [1.29, 1.82) is 0 Å². The highest BCUT2D eigenvalue weighted by Crippen LogP contribution is 2.17. The first-order chi connectivity index (χ1) is 8.54. The van der Waals surface area contributed by atoms with Crippen molar-refractivity contribution in [2.75, 3.05) is 6.54 Å². The Labute approximate surface area is 102 Å². The number of nitro benzene ring substituents is 1. The number of benzene rings is 1. The Bertz CT molecular complexity index is 579. The number of hydrogen-bond acceptors (Lipinski definition) is 5. The molecule has 0 atom stereocenters. The molecule has 0 unspecified atom stereocenters. The third kappa shape index (κ3) is 1.86. The Morgan fingerprint density at radius 2 is 2.11 bits per heavy atom. The molecular weight excluding hydrogens is 238 g/mol. The van der Waals surface area contributed by atoms with Gasteiger partial charge in [-0.05, 0) is 6.92 Å². The van der Waals surface area contributed by atoms with Crippen LogP contribution in [0.1, 0.15) is 12.5 Å². The van der Waals surface area contributed by atoms with E-state index in [0.717, 1.165) is 5.01 Å². The number of amides is 1. The minimum absolute atomic E-state index is 0.0504. The lowest BCUT2D eigenvalue weighted by Gasteiger charge is -2.04. The topological polar surface area (TPSA) is 92.9 Å². The van der Waals surface area contributed by atoms with Crippen molar-refractivity contribution in [3.05, 3.63) is 39.9 Å². The van der Waals surface area contributed by atoms with E-state index in [9.17, 15) is 19.7 Å². The van der Waals surface area contributed by atoms with Gasteiger partial charge in [-0.15, -0.1) is 0 Å². The van der Waals surface area contributed by atoms with Gasteiger partial charge in [0.1, 0.15) is 5.71 Å². The van der Waals surface area contributed by atoms with Crippen LogP contribution in [-0.4, -0.2) is 33.9 Å². The second-order valence-electron chi connectivity index (χ2n) is 3.61. The second-order valence-corrected chi connectivity index (χ2v) is 3.61. The van der Waals surface area contributed by atoms with Gasteiger partial charge in [0.15, 0.2) is 0 Å². The number of Topliss-reactive ketones (excluding diaryl/α,β-unsaturated/α-hetero) is 1. The molecule has 18 heavy (non-hydrogen) atoms. The molecule has 1 amide bonds. The normalized spacial score (nSPS) is 14.9. The number of hydrogen-bond donors (Lipinski definition) is 0. The molecule has 7 heteroatoms. The molecule has 1 aliphatic heterocycles. The first-order valence-corrected chi connectivity index (χ1v) is 5.24. The summed E-state index contributed by atoms with van der Waals surface area (Å²) >= 11 is 0. The van der Waals surface area contributed by atoms with Crippen LogP contribution < -0.4 is 0 Å². The van der Waals surface area contributed by atoms with Crippen molar-refractivity contribution in [2.45, 2.75) is 6.92 Å². The quantitative estimate of drug-likeness (QED) is 0.447. The molecule has 92 valence electrons. The third-order valence-electron chi connectivity index (χ3n) is 2.49. The number of carbonyl (C=O) groups excluding carboxylic acids is 2. The van der Waals surface area contributed by atoms with E-state index in [-0.39, 0.29) is 23.5 Å². The molecule has 0 spiro atoms. The summed E-state index contributed by atoms with van der Waals surface area (Å²) in [4.78, 5) is 33.2. The second kappa shape index (κ2) is 4.36. The summed E-state index contributed by atoms with van der Waals surface area (Å²) in [6, 6.07) is 5.49. The standard InChI is InChI=1S/C11H9N3O4/c1-2-13-11(16)10(15)9(12-13)7-4-3-5-8(6-7)14(17)18/h3-6H,2H2,1H3. The average Bonchev–Trinajstić information content (AvgIpc) is 2.66. The maximum atomic E-state index is 11.7. The fraction of sp³-hybridized carbons (Fsp3) is 0.182. The molecule has 0 bridgehead atoms. The van der Waals surface area contributed by atoms with Crippen molar-refractivity contribution >= 4 is 23.1 Å². The van der Waals surface area contributed by atoms with Gasteiger partial charge < -0.3 is 0 Å². The van der Waals surface area contributed by atoms with Gasteiger partial charge in [0, 0.05) is 24.2 Å². The minimum Gasteiger partial charge on any atom is -0.281 e. The number of nitro groups is 1. The van der Waals surface area contributed by atoms with Crippen LogP contribution in [-0.2, 0) is 9.59 Å². The molecule has 1 aromatic carbocycles. The summed E-state index contributed by atoms with van der Waals surface area (Å²) in [5, 5.41) is 15.5. The number of nitrogens with zero attached hydrogens (tertiary/aromatic N) is 3. The summed E-state index contributed by atoms with van der Waals surface area (Å²) in [5.74, 6) is -1.45. The van der Waals surface area contributed by atoms with E-state index in [1.807, 2.05) is 0 Å². The van der Waals surface area contributed by atoms with Crippen molar-refractivity contribution < 1.29 is 14.5 Å². The fourth-order valence-corrected chi connectivity index (χ4v) is 1.60. The van der Waals surface area contributed by atoms with Crippen LogP contribution in [0.25, 0.3) is 0 Å². The van der Waals surface area contributed by atoms with E-state index in [0.29, 0.717) is 0 Å². The molecule has 0 saturated heterocycles. The van der Waals surface area contributed by atoms with Crippen molar-refractivity contribution in [2.24, 2.45) is 5.10 Å². The van der Waals surface area contributed by atoms with E-state index in [1.54, 1.807) is 6.92 Å². The number of ketones is 1. The number of hydrazone groups is 1. The number of non-ortho nitro benzene ring substituents is 1. The predicted molar refractivity (Wildman–Crippen MR) is 62.0 cm³/mol. The van der Waals surface area contributed by atoms with Crippen LogP contribution >= 0.6 is 0 Å². The summed E-state index contributed by atoms with van der Waals surface area (Å²) in [5.41, 5.74) is 0.0782. The molecule has 0 fully saturated rings. The Morgan fingerprint density at radius 3 is 2.67 bits per heavy atom. The van der Waals surface area contributed by atoms with Gasteiger partial charge in [0.2, 0.25) is 0 Å². The van der Waals surface area contributed by atoms with Crippen LogP contribution in [0.2, 0.25) is 0 Å². The molecule has 0 aliphatic carbocycles. The van der Waals surface area contributed by atoms with E-state index in [2.05, 4.69) is 5.10 Å². The molecule has 0 aromatic heterocycles. The van der Waals surface area contributed by atoms with Crippen LogP contribution in [0.4, 0.5) is 5.69 Å². The minimum atomic E-state index is -0.739. The summed E-state index contributed by atoms with van der Waals surface area (Å²) in [7, 11) is 0. The highest BCUT2D eigenvalue weighted by molar-refractivity contribution is 6.69. The van der Waals surface area contributed by atoms with Gasteiger partial charge in [-0.25, -0.2) is 5.01 Å². The Hall–Kier alpha value is -2.57. The maximum absolute atomic E-state index is 11.7. The Kier molecular flexibility index (Phi) is 2.88. The molecule has 7 nitrogen and oxygen atoms in total. The van der Waals surface area contributed by atoms with Crippen molar-refractivity contribution in [3.8, 4) is 0 Å². The van der Waals surface area contributed by atoms with Gasteiger partial charge in [-0.3, -0.25) is 19.7 Å². The number of carbonyl (C=O) groups is 2. The van der Waals surface area contributed by atoms with Crippen molar-refractivity contribution in [1.82, 2.24) is 5.01 Å². The van der Waals surface area contributed by atoms with Crippen LogP contribution in [0, 0.1) is 10.1 Å². The first kappa shape index (κ1) is 11.9. The molecule has 1 aliphatic rings. The van der Waals surface area contributed by atoms with Crippen LogP contribution in [0.15, 0.2) is 29.4 Å². The average molecular weight is 247 g/mol. The SMILES string of the molecule is CCN1N=C(c2cccc([N+](=O)[O-])c2)C(=O)C1=O. The molecule has 2 rings (SSSR count). The lowest BCUT2D eigenvalue weighted by Crippen LogP contribution is -2.27. The zero-order valence-corrected chi connectivity index (χ0v) is 9.49. The summed E-state index contributed by atoms with van der Waals surface area (Å²) in [6.45, 7) is 1.97. The maximum Gasteiger partial charge on any atom is 0.316 e. The van der Waals surface area contributed by atoms with Gasteiger partial charge in [0.05, 0.1) is 4.92 Å². The lowest BCUT2D eigenvalue weighted by molar-refractivity contribution is -0.384. The molecule has 1 aromatic rings. The molecule has 1 heterocycles. The van der Waals surface area contributed by atoms with E-state index in [1.165, 1.54) is 24.3 Å². The smallest absolute Gasteiger partial charge is 0.281 e. The Morgan fingerprint density at radius 1 is 1.39 bits per heavy atom. The van der Waals surface area contributed by atoms with Gasteiger partial charge >= 0.3 is 5.91 Å². The van der Waals surface area contributed by atoms with Crippen LogP contribution in [0.3, 0.4) is 0 Å². The fourth-order valence-electron chi connectivity index (χ4n) is 1.60. The first-order valence-electron chi connectivity index (χ1n) is 5.24. The molecular formula is C11H9N3O4. The largest absolute Gasteiger partial charge is 0.316 e. The monoisotopic (exact) mass is 247 g/mol. The highest BCUT2D eigenvalue weighted by atomic mass is 16.6. The lowest BCUT2D eigenvalue weighted by atomic mass is 10.1. The van der Waals surface area contributed by atoms with Crippen molar-refractivity contribution in [3.63, 3.8) is 0 Å². The summed E-state index contributed by atoms with van der Waals surface area (Å²) in [6.07, 6.45) is 0. The molecule has 0 saturated carbocycles. The summed E-state index contributed by atoms with van der Waals surface area (Å²) < 4.78 is 0. The van der Waals surface area contributed by atoms with Gasteiger partial charge in [-0.2, -0.15) is 5.10 Å². The number of likely N-dealkylation sites (N-methyl/N-ethyl adjacent to an activating group) is 1. The van der Waals surface area contributed by atoms with Gasteiger partial charge in [-0.1, -0.05) is 12.1 Å². The zero-order valence-electron chi connectivity index (χ0n) is 9.49. The number of rotatable bonds is 3. The van der Waals surface area contributed by atoms with Crippen LogP contribution in [0.5, 0.6) is 0 Å². The molecule has 0 N–H and O–H groups in total. The Balaban J connectivity index is 2.44.